The maximum atomic E-state index is 11.7. The first-order valence-corrected chi connectivity index (χ1v) is 9.03. The van der Waals surface area contributed by atoms with Gasteiger partial charge in [-0.1, -0.05) is 0 Å². The molecule has 2 rings (SSSR count). The topological polar surface area (TPSA) is 104 Å². The Labute approximate surface area is 140 Å². The molecule has 0 aliphatic rings. The average molecular weight is 350 g/mol. The van der Waals surface area contributed by atoms with Crippen molar-refractivity contribution in [3.63, 3.8) is 0 Å². The Bertz CT molecular complexity index is 885. The molecule has 0 saturated heterocycles. The SMILES string of the molecule is Cc1cc(-c2ncn(/C=C\C(=O)OC(C)C)n2)cc(S(C)(=O)=O)n1. The maximum absolute atomic E-state index is 11.7. The fraction of sp³-hybridized carbons (Fsp3) is 0.333. The number of carbonyl (C=O) groups is 1. The molecule has 24 heavy (non-hydrogen) atoms. The summed E-state index contributed by atoms with van der Waals surface area (Å²) in [5.41, 5.74) is 1.07. The molecule has 8 nitrogen and oxygen atoms in total. The van der Waals surface area contributed by atoms with Gasteiger partial charge in [-0.15, -0.1) is 5.10 Å². The Morgan fingerprint density at radius 1 is 1.33 bits per heavy atom. The third-order valence-corrected chi connectivity index (χ3v) is 3.76. The molecule has 0 radical (unpaired) electrons. The lowest BCUT2D eigenvalue weighted by atomic mass is 10.2. The van der Waals surface area contributed by atoms with Crippen molar-refractivity contribution in [3.8, 4) is 11.4 Å². The van der Waals surface area contributed by atoms with Gasteiger partial charge in [0.1, 0.15) is 6.33 Å². The minimum absolute atomic E-state index is 0.0371. The molecule has 0 atom stereocenters. The second-order valence-corrected chi connectivity index (χ2v) is 7.42. The fourth-order valence-corrected chi connectivity index (χ4v) is 2.50. The first-order chi connectivity index (χ1) is 11.1. The van der Waals surface area contributed by atoms with Crippen molar-refractivity contribution >= 4 is 22.0 Å². The van der Waals surface area contributed by atoms with Crippen molar-refractivity contribution in [2.75, 3.05) is 6.26 Å². The van der Waals surface area contributed by atoms with E-state index in [1.54, 1.807) is 26.8 Å². The van der Waals surface area contributed by atoms with E-state index in [0.29, 0.717) is 17.1 Å². The lowest BCUT2D eigenvalue weighted by Crippen LogP contribution is -2.08. The van der Waals surface area contributed by atoms with E-state index >= 15 is 0 Å². The predicted octanol–water partition coefficient (Wildman–Crippen LogP) is 1.47. The van der Waals surface area contributed by atoms with Crippen LogP contribution in [0.2, 0.25) is 0 Å². The lowest BCUT2D eigenvalue weighted by molar-refractivity contribution is -0.141. The molecule has 9 heteroatoms. The van der Waals surface area contributed by atoms with Gasteiger partial charge in [0.05, 0.1) is 6.10 Å². The summed E-state index contributed by atoms with van der Waals surface area (Å²) in [6.07, 6.45) is 4.94. The molecule has 128 valence electrons. The number of aromatic nitrogens is 4. The number of hydrogen-bond donors (Lipinski definition) is 0. The summed E-state index contributed by atoms with van der Waals surface area (Å²) in [5, 5.41) is 4.15. The molecule has 0 fully saturated rings. The van der Waals surface area contributed by atoms with Crippen LogP contribution >= 0.6 is 0 Å². The van der Waals surface area contributed by atoms with E-state index in [1.807, 2.05) is 0 Å². The molecule has 0 aliphatic heterocycles. The molecular formula is C15H18N4O4S. The third-order valence-electron chi connectivity index (χ3n) is 2.79. The van der Waals surface area contributed by atoms with Crippen molar-refractivity contribution < 1.29 is 17.9 Å². The van der Waals surface area contributed by atoms with Crippen LogP contribution in [0.3, 0.4) is 0 Å². The number of ether oxygens (including phenoxy) is 1. The van der Waals surface area contributed by atoms with Gasteiger partial charge in [-0.25, -0.2) is 27.9 Å². The standard InChI is InChI=1S/C15H18N4O4S/c1-10(2)23-14(20)5-6-19-9-16-15(18-19)12-7-11(3)17-13(8-12)24(4,21)22/h5-10H,1-4H3/b6-5-. The zero-order valence-corrected chi connectivity index (χ0v) is 14.6. The van der Waals surface area contributed by atoms with Crippen molar-refractivity contribution in [2.24, 2.45) is 0 Å². The first kappa shape index (κ1) is 17.8. The Balaban J connectivity index is 2.27. The number of nitrogens with zero attached hydrogens (tertiary/aromatic N) is 4. The number of sulfone groups is 1. The highest BCUT2D eigenvalue weighted by Crippen LogP contribution is 2.19. The van der Waals surface area contributed by atoms with Crippen LogP contribution in [0, 0.1) is 6.92 Å². The summed E-state index contributed by atoms with van der Waals surface area (Å²) in [6.45, 7) is 5.20. The van der Waals surface area contributed by atoms with Gasteiger partial charge >= 0.3 is 5.97 Å². The van der Waals surface area contributed by atoms with E-state index in [4.69, 9.17) is 4.74 Å². The van der Waals surface area contributed by atoms with E-state index in [0.717, 1.165) is 6.26 Å². The molecule has 2 heterocycles. The summed E-state index contributed by atoms with van der Waals surface area (Å²) >= 11 is 0. The zero-order valence-electron chi connectivity index (χ0n) is 13.8. The average Bonchev–Trinajstić information content (AvgIpc) is 2.91. The molecule has 0 aromatic carbocycles. The second kappa shape index (κ2) is 6.91. The van der Waals surface area contributed by atoms with E-state index in [1.165, 1.54) is 29.4 Å². The third kappa shape index (κ3) is 4.72. The number of esters is 1. The molecule has 0 N–H and O–H groups in total. The number of hydrogen-bond acceptors (Lipinski definition) is 7. The monoisotopic (exact) mass is 350 g/mol. The van der Waals surface area contributed by atoms with Gasteiger partial charge in [-0.3, -0.25) is 0 Å². The second-order valence-electron chi connectivity index (χ2n) is 5.46. The molecule has 0 saturated carbocycles. The Kier molecular flexibility index (Phi) is 5.13. The molecule has 0 unspecified atom stereocenters. The van der Waals surface area contributed by atoms with E-state index in [9.17, 15) is 13.2 Å². The molecule has 0 aliphatic carbocycles. The minimum atomic E-state index is -3.43. The fourth-order valence-electron chi connectivity index (χ4n) is 1.84. The molecule has 0 amide bonds. The van der Waals surface area contributed by atoms with E-state index in [-0.39, 0.29) is 11.1 Å². The molecule has 0 spiro atoms. The molecule has 2 aromatic rings. The van der Waals surface area contributed by atoms with Crippen LogP contribution in [0.5, 0.6) is 0 Å². The van der Waals surface area contributed by atoms with Crippen LogP contribution in [0.15, 0.2) is 29.6 Å². The summed E-state index contributed by atoms with van der Waals surface area (Å²) < 4.78 is 29.6. The van der Waals surface area contributed by atoms with Crippen LogP contribution in [-0.4, -0.2) is 46.5 Å². The van der Waals surface area contributed by atoms with Gasteiger partial charge in [0.2, 0.25) is 0 Å². The van der Waals surface area contributed by atoms with Gasteiger partial charge in [0.25, 0.3) is 0 Å². The summed E-state index contributed by atoms with van der Waals surface area (Å²) in [7, 11) is -3.43. The lowest BCUT2D eigenvalue weighted by Gasteiger charge is -2.03. The smallest absolute Gasteiger partial charge is 0.332 e. The molecule has 2 aromatic heterocycles. The summed E-state index contributed by atoms with van der Waals surface area (Å²) in [6, 6.07) is 3.10. The van der Waals surface area contributed by atoms with Gasteiger partial charge < -0.3 is 4.74 Å². The Hall–Kier alpha value is -2.55. The van der Waals surface area contributed by atoms with Gasteiger partial charge in [0, 0.05) is 29.8 Å². The molecule has 0 bridgehead atoms. The summed E-state index contributed by atoms with van der Waals surface area (Å²) in [4.78, 5) is 19.6. The predicted molar refractivity (Wildman–Crippen MR) is 87.7 cm³/mol. The van der Waals surface area contributed by atoms with Crippen LogP contribution in [0.4, 0.5) is 0 Å². The highest BCUT2D eigenvalue weighted by Gasteiger charge is 2.13. The van der Waals surface area contributed by atoms with Crippen LogP contribution < -0.4 is 0 Å². The number of carbonyl (C=O) groups excluding carboxylic acids is 1. The molecular weight excluding hydrogens is 332 g/mol. The highest BCUT2D eigenvalue weighted by atomic mass is 32.2. The Morgan fingerprint density at radius 3 is 2.67 bits per heavy atom. The number of rotatable bonds is 5. The quantitative estimate of drug-likeness (QED) is 0.594. The van der Waals surface area contributed by atoms with Crippen molar-refractivity contribution in [3.05, 3.63) is 30.2 Å². The number of pyridine rings is 1. The van der Waals surface area contributed by atoms with Crippen LogP contribution in [-0.2, 0) is 19.4 Å². The Morgan fingerprint density at radius 2 is 2.04 bits per heavy atom. The zero-order chi connectivity index (χ0) is 17.9. The van der Waals surface area contributed by atoms with Crippen molar-refractivity contribution in [1.29, 1.82) is 0 Å². The first-order valence-electron chi connectivity index (χ1n) is 7.14. The number of aryl methyl sites for hydroxylation is 1. The van der Waals surface area contributed by atoms with Gasteiger partial charge in [-0.2, -0.15) is 0 Å². The van der Waals surface area contributed by atoms with Crippen LogP contribution in [0.25, 0.3) is 17.6 Å². The van der Waals surface area contributed by atoms with Crippen molar-refractivity contribution in [1.82, 2.24) is 19.7 Å². The van der Waals surface area contributed by atoms with E-state index < -0.39 is 15.8 Å². The van der Waals surface area contributed by atoms with Crippen LogP contribution in [0.1, 0.15) is 19.5 Å². The van der Waals surface area contributed by atoms with Gasteiger partial charge in [-0.05, 0) is 32.9 Å². The van der Waals surface area contributed by atoms with E-state index in [2.05, 4.69) is 15.1 Å². The largest absolute Gasteiger partial charge is 0.460 e. The van der Waals surface area contributed by atoms with Crippen molar-refractivity contribution in [2.45, 2.75) is 31.9 Å². The minimum Gasteiger partial charge on any atom is -0.460 e. The maximum Gasteiger partial charge on any atom is 0.332 e. The van der Waals surface area contributed by atoms with Gasteiger partial charge in [0.15, 0.2) is 20.7 Å². The normalized spacial score (nSPS) is 12.0. The highest BCUT2D eigenvalue weighted by molar-refractivity contribution is 7.90. The summed E-state index contributed by atoms with van der Waals surface area (Å²) in [5.74, 6) is -0.159.